The summed E-state index contributed by atoms with van der Waals surface area (Å²) in [5.74, 6) is -1.98. The standard InChI is InChI=1S/C25H20BrN3O5S/c1-2-19(30)22-21(14-6-4-3-5-7-14)18-10-15(26)8-9-17(18)25(34)29(22)12-16-13-35-24(28-16)23(33)27-11-20(31)32/h3-10,13H,2,11-12H2,1H3,(H,27,33)(H,31,32). The summed E-state index contributed by atoms with van der Waals surface area (Å²) >= 11 is 4.51. The maximum Gasteiger partial charge on any atom is 0.322 e. The van der Waals surface area contributed by atoms with Gasteiger partial charge in [0, 0.05) is 27.2 Å². The molecule has 10 heteroatoms. The number of carbonyl (C=O) groups excluding carboxylic acids is 2. The van der Waals surface area contributed by atoms with Crippen LogP contribution in [0.1, 0.15) is 39.3 Å². The van der Waals surface area contributed by atoms with E-state index in [1.807, 2.05) is 36.4 Å². The normalized spacial score (nSPS) is 10.9. The molecule has 178 valence electrons. The molecule has 2 heterocycles. The molecule has 0 atom stereocenters. The van der Waals surface area contributed by atoms with Gasteiger partial charge in [-0.1, -0.05) is 53.2 Å². The number of fused-ring (bicyclic) bond motifs is 1. The highest BCUT2D eigenvalue weighted by Crippen LogP contribution is 2.33. The van der Waals surface area contributed by atoms with Crippen molar-refractivity contribution in [2.24, 2.45) is 0 Å². The summed E-state index contributed by atoms with van der Waals surface area (Å²) in [5, 5.41) is 13.8. The highest BCUT2D eigenvalue weighted by molar-refractivity contribution is 9.10. The SMILES string of the molecule is CCC(=O)c1c(-c2ccccc2)c2cc(Br)ccc2c(=O)n1Cc1csc(C(=O)NCC(=O)O)n1. The number of rotatable bonds is 8. The fraction of sp³-hybridized carbons (Fsp3) is 0.160. The average Bonchev–Trinajstić information content (AvgIpc) is 3.32. The van der Waals surface area contributed by atoms with E-state index in [-0.39, 0.29) is 35.0 Å². The van der Waals surface area contributed by atoms with Crippen molar-refractivity contribution in [3.63, 3.8) is 0 Å². The average molecular weight is 554 g/mol. The van der Waals surface area contributed by atoms with Crippen LogP contribution in [0.5, 0.6) is 0 Å². The van der Waals surface area contributed by atoms with Crippen LogP contribution < -0.4 is 10.9 Å². The Hall–Kier alpha value is -3.63. The Morgan fingerprint density at radius 2 is 1.86 bits per heavy atom. The van der Waals surface area contributed by atoms with Crippen LogP contribution in [-0.2, 0) is 11.3 Å². The maximum atomic E-state index is 13.6. The molecule has 0 fully saturated rings. The molecule has 0 saturated heterocycles. The van der Waals surface area contributed by atoms with Crippen LogP contribution in [-0.4, -0.2) is 38.9 Å². The van der Waals surface area contributed by atoms with Crippen molar-refractivity contribution in [2.45, 2.75) is 19.9 Å². The number of hydrogen-bond donors (Lipinski definition) is 2. The second-order valence-corrected chi connectivity index (χ2v) is 9.44. The minimum atomic E-state index is -1.17. The number of hydrogen-bond acceptors (Lipinski definition) is 6. The number of carboxylic acids is 1. The summed E-state index contributed by atoms with van der Waals surface area (Å²) in [5.41, 5.74) is 1.81. The predicted molar refractivity (Wildman–Crippen MR) is 137 cm³/mol. The van der Waals surface area contributed by atoms with Gasteiger partial charge in [-0.25, -0.2) is 4.98 Å². The smallest absolute Gasteiger partial charge is 0.322 e. The van der Waals surface area contributed by atoms with Crippen molar-refractivity contribution in [1.82, 2.24) is 14.9 Å². The highest BCUT2D eigenvalue weighted by atomic mass is 79.9. The van der Waals surface area contributed by atoms with E-state index in [2.05, 4.69) is 26.2 Å². The lowest BCUT2D eigenvalue weighted by atomic mass is 9.94. The first kappa shape index (κ1) is 24.5. The number of nitrogens with zero attached hydrogens (tertiary/aromatic N) is 2. The fourth-order valence-electron chi connectivity index (χ4n) is 3.80. The van der Waals surface area contributed by atoms with E-state index in [1.165, 1.54) is 4.57 Å². The lowest BCUT2D eigenvalue weighted by Crippen LogP contribution is -2.29. The second-order valence-electron chi connectivity index (χ2n) is 7.67. The van der Waals surface area contributed by atoms with Crippen LogP contribution in [0.4, 0.5) is 0 Å². The number of aromatic nitrogens is 2. The van der Waals surface area contributed by atoms with Gasteiger partial charge in [0.25, 0.3) is 11.5 Å². The van der Waals surface area contributed by atoms with Gasteiger partial charge in [-0.05, 0) is 29.1 Å². The number of thiazole rings is 1. The number of nitrogens with one attached hydrogen (secondary N) is 1. The molecule has 0 spiro atoms. The molecule has 0 unspecified atom stereocenters. The van der Waals surface area contributed by atoms with Gasteiger partial charge in [0.1, 0.15) is 6.54 Å². The zero-order valence-electron chi connectivity index (χ0n) is 18.6. The van der Waals surface area contributed by atoms with E-state index in [9.17, 15) is 19.2 Å². The molecule has 1 amide bonds. The molecule has 4 rings (SSSR count). The monoisotopic (exact) mass is 553 g/mol. The minimum Gasteiger partial charge on any atom is -0.480 e. The number of carbonyl (C=O) groups is 3. The Bertz CT molecular complexity index is 1510. The number of ketones is 1. The molecule has 0 aliphatic rings. The summed E-state index contributed by atoms with van der Waals surface area (Å²) in [4.78, 5) is 54.1. The number of halogens is 1. The third-order valence-electron chi connectivity index (χ3n) is 5.35. The summed E-state index contributed by atoms with van der Waals surface area (Å²) in [6.07, 6.45) is 0.193. The van der Waals surface area contributed by atoms with Gasteiger partial charge in [0.15, 0.2) is 10.8 Å². The van der Waals surface area contributed by atoms with Gasteiger partial charge >= 0.3 is 5.97 Å². The summed E-state index contributed by atoms with van der Waals surface area (Å²) in [6.45, 7) is 1.20. The number of Topliss-reactive ketones (excluding diaryl/α,β-unsaturated/α-hetero) is 1. The van der Waals surface area contributed by atoms with Crippen LogP contribution >= 0.6 is 27.3 Å². The molecule has 2 aromatic carbocycles. The van der Waals surface area contributed by atoms with Gasteiger partial charge in [-0.15, -0.1) is 11.3 Å². The number of aliphatic carboxylic acids is 1. The molecule has 0 aliphatic carbocycles. The van der Waals surface area contributed by atoms with Crippen molar-refractivity contribution in [2.75, 3.05) is 6.54 Å². The van der Waals surface area contributed by atoms with E-state index in [4.69, 9.17) is 5.11 Å². The topological polar surface area (TPSA) is 118 Å². The Morgan fingerprint density at radius 1 is 1.11 bits per heavy atom. The Balaban J connectivity index is 1.90. The molecule has 0 radical (unpaired) electrons. The third-order valence-corrected chi connectivity index (χ3v) is 6.73. The first-order valence-corrected chi connectivity index (χ1v) is 12.4. The Kier molecular flexibility index (Phi) is 7.23. The number of benzene rings is 2. The van der Waals surface area contributed by atoms with E-state index >= 15 is 0 Å². The molecular formula is C25H20BrN3O5S. The van der Waals surface area contributed by atoms with Crippen LogP contribution in [0.25, 0.3) is 21.9 Å². The Morgan fingerprint density at radius 3 is 2.54 bits per heavy atom. The van der Waals surface area contributed by atoms with Crippen molar-refractivity contribution in [3.05, 3.63) is 85.1 Å². The minimum absolute atomic E-state index is 0.0194. The van der Waals surface area contributed by atoms with Gasteiger partial charge in [-0.3, -0.25) is 23.7 Å². The van der Waals surface area contributed by atoms with Gasteiger partial charge < -0.3 is 10.4 Å². The van der Waals surface area contributed by atoms with Crippen molar-refractivity contribution >= 4 is 55.7 Å². The van der Waals surface area contributed by atoms with Crippen molar-refractivity contribution in [1.29, 1.82) is 0 Å². The molecule has 0 saturated carbocycles. The lowest BCUT2D eigenvalue weighted by Gasteiger charge is -2.19. The maximum absolute atomic E-state index is 13.6. The number of amides is 1. The van der Waals surface area contributed by atoms with Crippen LogP contribution in [0.3, 0.4) is 0 Å². The van der Waals surface area contributed by atoms with E-state index < -0.39 is 18.4 Å². The van der Waals surface area contributed by atoms with Crippen molar-refractivity contribution < 1.29 is 19.5 Å². The Labute approximate surface area is 212 Å². The zero-order chi connectivity index (χ0) is 25.1. The van der Waals surface area contributed by atoms with Gasteiger partial charge in [0.05, 0.1) is 17.9 Å². The van der Waals surface area contributed by atoms with Gasteiger partial charge in [0.2, 0.25) is 0 Å². The number of pyridine rings is 1. The van der Waals surface area contributed by atoms with Crippen LogP contribution in [0.2, 0.25) is 0 Å². The zero-order valence-corrected chi connectivity index (χ0v) is 21.0. The van der Waals surface area contributed by atoms with E-state index in [0.29, 0.717) is 22.0 Å². The van der Waals surface area contributed by atoms with E-state index in [0.717, 1.165) is 21.4 Å². The summed E-state index contributed by atoms with van der Waals surface area (Å²) in [6, 6.07) is 14.7. The van der Waals surface area contributed by atoms with E-state index in [1.54, 1.807) is 24.4 Å². The van der Waals surface area contributed by atoms with Gasteiger partial charge in [-0.2, -0.15) is 0 Å². The highest BCUT2D eigenvalue weighted by Gasteiger charge is 2.23. The molecule has 0 bridgehead atoms. The van der Waals surface area contributed by atoms with Crippen molar-refractivity contribution in [3.8, 4) is 11.1 Å². The molecular weight excluding hydrogens is 534 g/mol. The summed E-state index contributed by atoms with van der Waals surface area (Å²) < 4.78 is 2.20. The van der Waals surface area contributed by atoms with Crippen LogP contribution in [0, 0.1) is 0 Å². The molecule has 2 N–H and O–H groups in total. The molecule has 35 heavy (non-hydrogen) atoms. The summed E-state index contributed by atoms with van der Waals surface area (Å²) in [7, 11) is 0. The lowest BCUT2D eigenvalue weighted by molar-refractivity contribution is -0.135. The van der Waals surface area contributed by atoms with Crippen LogP contribution in [0.15, 0.2) is 63.2 Å². The molecule has 0 aliphatic heterocycles. The largest absolute Gasteiger partial charge is 0.480 e. The first-order chi connectivity index (χ1) is 16.8. The molecule has 8 nitrogen and oxygen atoms in total. The molecule has 2 aromatic heterocycles. The quantitative estimate of drug-likeness (QED) is 0.313. The molecule has 4 aromatic rings. The third kappa shape index (κ3) is 5.08. The fourth-order valence-corrected chi connectivity index (χ4v) is 4.89. The number of carboxylic acid groups (broad SMARTS) is 1. The predicted octanol–water partition coefficient (Wildman–Crippen LogP) is 4.34. The first-order valence-electron chi connectivity index (χ1n) is 10.7. The second kappa shape index (κ2) is 10.3.